The number of thiophene rings is 1. The first-order valence-corrected chi connectivity index (χ1v) is 9.23. The van der Waals surface area contributed by atoms with E-state index in [1.807, 2.05) is 16.3 Å². The molecule has 1 saturated heterocycles. The van der Waals surface area contributed by atoms with Gasteiger partial charge in [-0.25, -0.2) is 0 Å². The summed E-state index contributed by atoms with van der Waals surface area (Å²) in [6.07, 6.45) is 2.02. The maximum absolute atomic E-state index is 12.8. The topological polar surface area (TPSA) is 59.1 Å². The first-order chi connectivity index (χ1) is 11.7. The van der Waals surface area contributed by atoms with Crippen LogP contribution in [0.5, 0.6) is 0 Å². The fourth-order valence-corrected chi connectivity index (χ4v) is 3.82. The van der Waals surface area contributed by atoms with Crippen LogP contribution in [-0.2, 0) is 19.1 Å². The zero-order chi connectivity index (χ0) is 17.4. The van der Waals surface area contributed by atoms with E-state index < -0.39 is 0 Å². The lowest BCUT2D eigenvalue weighted by atomic mass is 10.2. The fourth-order valence-electron chi connectivity index (χ4n) is 2.95. The normalized spacial score (nSPS) is 17.5. The molecular weight excluding hydrogens is 328 g/mol. The van der Waals surface area contributed by atoms with Crippen LogP contribution in [0, 0.1) is 0 Å². The molecule has 0 spiro atoms. The summed E-state index contributed by atoms with van der Waals surface area (Å²) in [5.74, 6) is -0.246. The van der Waals surface area contributed by atoms with Crippen LogP contribution in [0.3, 0.4) is 0 Å². The minimum Gasteiger partial charge on any atom is -0.465 e. The van der Waals surface area contributed by atoms with Crippen molar-refractivity contribution in [2.75, 3.05) is 46.5 Å². The van der Waals surface area contributed by atoms with Crippen molar-refractivity contribution in [1.82, 2.24) is 9.80 Å². The number of likely N-dealkylation sites (tertiary alicyclic amines) is 1. The Morgan fingerprint density at radius 3 is 2.92 bits per heavy atom. The molecule has 134 valence electrons. The summed E-state index contributed by atoms with van der Waals surface area (Å²) in [4.78, 5) is 29.5. The lowest BCUT2D eigenvalue weighted by Gasteiger charge is -2.27. The summed E-state index contributed by atoms with van der Waals surface area (Å²) in [5, 5.41) is 2.04. The minimum atomic E-state index is -0.308. The molecule has 0 saturated carbocycles. The number of esters is 1. The highest BCUT2D eigenvalue weighted by atomic mass is 32.1. The van der Waals surface area contributed by atoms with E-state index in [4.69, 9.17) is 9.47 Å². The lowest BCUT2D eigenvalue weighted by molar-refractivity contribution is -0.145. The third-order valence-electron chi connectivity index (χ3n) is 4.07. The molecule has 24 heavy (non-hydrogen) atoms. The number of ether oxygens (including phenoxy) is 2. The molecule has 0 aliphatic carbocycles. The van der Waals surface area contributed by atoms with Crippen LogP contribution in [-0.4, -0.2) is 68.2 Å². The van der Waals surface area contributed by atoms with Gasteiger partial charge in [-0.2, -0.15) is 0 Å². The van der Waals surface area contributed by atoms with Crippen LogP contribution in [0.1, 0.15) is 30.7 Å². The minimum absolute atomic E-state index is 0.0614. The SMILES string of the molecule is CCOC(=O)CN(CCOC)CC(=O)N1CCCC1c1cccs1. The van der Waals surface area contributed by atoms with Crippen molar-refractivity contribution < 1.29 is 19.1 Å². The van der Waals surface area contributed by atoms with Gasteiger partial charge in [-0.05, 0) is 31.2 Å². The van der Waals surface area contributed by atoms with Crippen molar-refractivity contribution in [3.63, 3.8) is 0 Å². The molecule has 1 aromatic heterocycles. The van der Waals surface area contributed by atoms with E-state index in [9.17, 15) is 9.59 Å². The molecule has 7 heteroatoms. The van der Waals surface area contributed by atoms with Gasteiger partial charge in [0.25, 0.3) is 0 Å². The second-order valence-corrected chi connectivity index (χ2v) is 6.75. The first kappa shape index (κ1) is 18.9. The predicted molar refractivity (Wildman–Crippen MR) is 93.0 cm³/mol. The van der Waals surface area contributed by atoms with Crippen molar-refractivity contribution in [3.8, 4) is 0 Å². The molecule has 6 nitrogen and oxygen atoms in total. The standard InChI is InChI=1S/C17H26N2O4S/c1-3-23-17(21)13-18(9-10-22-2)12-16(20)19-8-4-6-14(19)15-7-5-11-24-15/h5,7,11,14H,3-4,6,8-10,12-13H2,1-2H3. The monoisotopic (exact) mass is 354 g/mol. The summed E-state index contributed by atoms with van der Waals surface area (Å²) in [6, 6.07) is 4.28. The van der Waals surface area contributed by atoms with E-state index in [1.165, 1.54) is 4.88 Å². The second-order valence-electron chi connectivity index (χ2n) is 5.77. The highest BCUT2D eigenvalue weighted by Crippen LogP contribution is 2.34. The molecule has 1 atom stereocenters. The summed E-state index contributed by atoms with van der Waals surface area (Å²) >= 11 is 1.69. The van der Waals surface area contributed by atoms with Crippen molar-refractivity contribution in [3.05, 3.63) is 22.4 Å². The van der Waals surface area contributed by atoms with Gasteiger partial charge in [0.15, 0.2) is 0 Å². The summed E-state index contributed by atoms with van der Waals surface area (Å²) in [5.41, 5.74) is 0. The number of amides is 1. The number of nitrogens with zero attached hydrogens (tertiary/aromatic N) is 2. The summed E-state index contributed by atoms with van der Waals surface area (Å²) < 4.78 is 10.1. The van der Waals surface area contributed by atoms with Crippen LogP contribution in [0.15, 0.2) is 17.5 Å². The number of carbonyl (C=O) groups is 2. The summed E-state index contributed by atoms with van der Waals surface area (Å²) in [6.45, 7) is 4.22. The van der Waals surface area contributed by atoms with Crippen molar-refractivity contribution in [2.45, 2.75) is 25.8 Å². The maximum Gasteiger partial charge on any atom is 0.320 e. The Balaban J connectivity index is 1.96. The van der Waals surface area contributed by atoms with Crippen molar-refractivity contribution >= 4 is 23.2 Å². The Labute approximate surface area is 147 Å². The molecule has 2 rings (SSSR count). The van der Waals surface area contributed by atoms with E-state index >= 15 is 0 Å². The molecule has 1 aromatic rings. The zero-order valence-electron chi connectivity index (χ0n) is 14.4. The maximum atomic E-state index is 12.8. The number of hydrogen-bond acceptors (Lipinski definition) is 6. The quantitative estimate of drug-likeness (QED) is 0.634. The van der Waals surface area contributed by atoms with E-state index in [1.54, 1.807) is 30.3 Å². The molecule has 2 heterocycles. The van der Waals surface area contributed by atoms with Gasteiger partial charge in [0.05, 0.1) is 32.3 Å². The molecule has 1 aliphatic heterocycles. The van der Waals surface area contributed by atoms with Crippen LogP contribution >= 0.6 is 11.3 Å². The number of carbonyl (C=O) groups excluding carboxylic acids is 2. The molecule has 0 N–H and O–H groups in total. The average Bonchev–Trinajstić information content (AvgIpc) is 3.22. The van der Waals surface area contributed by atoms with E-state index in [0.717, 1.165) is 19.4 Å². The molecule has 1 aliphatic rings. The van der Waals surface area contributed by atoms with E-state index in [-0.39, 0.29) is 31.0 Å². The smallest absolute Gasteiger partial charge is 0.320 e. The van der Waals surface area contributed by atoms with Gasteiger partial charge >= 0.3 is 5.97 Å². The van der Waals surface area contributed by atoms with Gasteiger partial charge < -0.3 is 14.4 Å². The first-order valence-electron chi connectivity index (χ1n) is 8.35. The lowest BCUT2D eigenvalue weighted by Crippen LogP contribution is -2.43. The number of rotatable bonds is 9. The largest absolute Gasteiger partial charge is 0.465 e. The van der Waals surface area contributed by atoms with Crippen LogP contribution < -0.4 is 0 Å². The molecule has 1 unspecified atom stereocenters. The number of hydrogen-bond donors (Lipinski definition) is 0. The van der Waals surface area contributed by atoms with Gasteiger partial charge in [-0.15, -0.1) is 11.3 Å². The highest BCUT2D eigenvalue weighted by Gasteiger charge is 2.31. The second kappa shape index (κ2) is 9.76. The third-order valence-corrected chi connectivity index (χ3v) is 5.05. The summed E-state index contributed by atoms with van der Waals surface area (Å²) in [7, 11) is 1.61. The Hall–Kier alpha value is -1.44. The van der Waals surface area contributed by atoms with Gasteiger partial charge in [0.1, 0.15) is 0 Å². The fraction of sp³-hybridized carbons (Fsp3) is 0.647. The van der Waals surface area contributed by atoms with Gasteiger partial charge in [0, 0.05) is 25.1 Å². The number of methoxy groups -OCH3 is 1. The van der Waals surface area contributed by atoms with Crippen LogP contribution in [0.4, 0.5) is 0 Å². The Bertz CT molecular complexity index is 521. The Kier molecular flexibility index (Phi) is 7.68. The highest BCUT2D eigenvalue weighted by molar-refractivity contribution is 7.10. The van der Waals surface area contributed by atoms with Crippen LogP contribution in [0.2, 0.25) is 0 Å². The van der Waals surface area contributed by atoms with E-state index in [2.05, 4.69) is 6.07 Å². The van der Waals surface area contributed by atoms with Gasteiger partial charge in [-0.1, -0.05) is 6.07 Å². The molecule has 0 radical (unpaired) electrons. The molecule has 0 bridgehead atoms. The molecular formula is C17H26N2O4S. The molecule has 0 aromatic carbocycles. The third kappa shape index (κ3) is 5.29. The van der Waals surface area contributed by atoms with Crippen molar-refractivity contribution in [2.24, 2.45) is 0 Å². The van der Waals surface area contributed by atoms with Gasteiger partial charge in [0.2, 0.25) is 5.91 Å². The van der Waals surface area contributed by atoms with Crippen molar-refractivity contribution in [1.29, 1.82) is 0 Å². The van der Waals surface area contributed by atoms with Gasteiger partial charge in [-0.3, -0.25) is 14.5 Å². The Morgan fingerprint density at radius 2 is 2.25 bits per heavy atom. The predicted octanol–water partition coefficient (Wildman–Crippen LogP) is 1.92. The molecule has 1 fully saturated rings. The Morgan fingerprint density at radius 1 is 1.42 bits per heavy atom. The van der Waals surface area contributed by atoms with E-state index in [0.29, 0.717) is 19.8 Å². The average molecular weight is 354 g/mol. The zero-order valence-corrected chi connectivity index (χ0v) is 15.2. The van der Waals surface area contributed by atoms with Crippen LogP contribution in [0.25, 0.3) is 0 Å². The molecule has 1 amide bonds.